The lowest BCUT2D eigenvalue weighted by atomic mass is 10.1. The van der Waals surface area contributed by atoms with Crippen molar-refractivity contribution >= 4 is 5.91 Å². The average Bonchev–Trinajstić information content (AvgIpc) is 2.38. The van der Waals surface area contributed by atoms with Crippen LogP contribution in [0.3, 0.4) is 0 Å². The number of amides is 1. The van der Waals surface area contributed by atoms with E-state index in [-0.39, 0.29) is 11.5 Å². The third-order valence-corrected chi connectivity index (χ3v) is 3.56. The van der Waals surface area contributed by atoms with Crippen molar-refractivity contribution in [3.05, 3.63) is 34.2 Å². The summed E-state index contributed by atoms with van der Waals surface area (Å²) < 4.78 is 0. The Hall–Kier alpha value is -1.62. The number of piperazine rings is 1. The third kappa shape index (κ3) is 2.61. The van der Waals surface area contributed by atoms with Gasteiger partial charge in [0, 0.05) is 43.5 Å². The summed E-state index contributed by atoms with van der Waals surface area (Å²) in [5.41, 5.74) is 0.236. The maximum absolute atomic E-state index is 12.3. The molecule has 0 radical (unpaired) electrons. The van der Waals surface area contributed by atoms with Gasteiger partial charge in [0.1, 0.15) is 0 Å². The van der Waals surface area contributed by atoms with Crippen molar-refractivity contribution in [2.24, 2.45) is 0 Å². The van der Waals surface area contributed by atoms with E-state index >= 15 is 0 Å². The molecular formula is C13H19N3O2. The van der Waals surface area contributed by atoms with E-state index in [1.807, 2.05) is 4.90 Å². The number of nitrogens with zero attached hydrogens (tertiary/aromatic N) is 2. The molecule has 0 bridgehead atoms. The SMILES string of the molecule is CCC1CN(C(=O)c2cc[nH]c(=O)c2)CCN1C. The third-order valence-electron chi connectivity index (χ3n) is 3.56. The van der Waals surface area contributed by atoms with Crippen LogP contribution in [0.2, 0.25) is 0 Å². The van der Waals surface area contributed by atoms with E-state index in [1.165, 1.54) is 12.3 Å². The highest BCUT2D eigenvalue weighted by molar-refractivity contribution is 5.94. The minimum absolute atomic E-state index is 0.0485. The molecule has 2 heterocycles. The Balaban J connectivity index is 2.12. The number of aromatic nitrogens is 1. The van der Waals surface area contributed by atoms with Gasteiger partial charge in [-0.25, -0.2) is 0 Å². The monoisotopic (exact) mass is 249 g/mol. The molecule has 1 unspecified atom stereocenters. The second kappa shape index (κ2) is 5.35. The number of nitrogens with one attached hydrogen (secondary N) is 1. The molecular weight excluding hydrogens is 230 g/mol. The Morgan fingerprint density at radius 3 is 2.94 bits per heavy atom. The van der Waals surface area contributed by atoms with Gasteiger partial charge in [0.2, 0.25) is 5.56 Å². The molecule has 0 aromatic carbocycles. The number of rotatable bonds is 2. The zero-order valence-corrected chi connectivity index (χ0v) is 10.8. The number of aromatic amines is 1. The predicted molar refractivity (Wildman–Crippen MR) is 69.7 cm³/mol. The van der Waals surface area contributed by atoms with Crippen molar-refractivity contribution in [3.63, 3.8) is 0 Å². The van der Waals surface area contributed by atoms with E-state index in [2.05, 4.69) is 23.9 Å². The summed E-state index contributed by atoms with van der Waals surface area (Å²) in [5.74, 6) is -0.0485. The van der Waals surface area contributed by atoms with Gasteiger partial charge in [-0.1, -0.05) is 6.92 Å². The molecule has 1 aromatic rings. The Labute approximate surface area is 106 Å². The first-order valence-electron chi connectivity index (χ1n) is 6.30. The molecule has 1 aliphatic heterocycles. The van der Waals surface area contributed by atoms with Gasteiger partial charge in [-0.2, -0.15) is 0 Å². The maximum atomic E-state index is 12.3. The van der Waals surface area contributed by atoms with E-state index in [9.17, 15) is 9.59 Å². The van der Waals surface area contributed by atoms with Crippen molar-refractivity contribution in [2.45, 2.75) is 19.4 Å². The van der Waals surface area contributed by atoms with Crippen LogP contribution in [-0.2, 0) is 0 Å². The number of H-pyrrole nitrogens is 1. The van der Waals surface area contributed by atoms with Crippen LogP contribution in [0, 0.1) is 0 Å². The second-order valence-corrected chi connectivity index (χ2v) is 4.74. The fourth-order valence-corrected chi connectivity index (χ4v) is 2.33. The summed E-state index contributed by atoms with van der Waals surface area (Å²) in [6, 6.07) is 3.43. The van der Waals surface area contributed by atoms with Crippen molar-refractivity contribution in [3.8, 4) is 0 Å². The summed E-state index contributed by atoms with van der Waals surface area (Å²) in [5, 5.41) is 0. The van der Waals surface area contributed by atoms with E-state index in [0.29, 0.717) is 11.6 Å². The molecule has 18 heavy (non-hydrogen) atoms. The number of hydrogen-bond donors (Lipinski definition) is 1. The number of hydrogen-bond acceptors (Lipinski definition) is 3. The van der Waals surface area contributed by atoms with Crippen LogP contribution in [0.5, 0.6) is 0 Å². The highest BCUT2D eigenvalue weighted by Crippen LogP contribution is 2.13. The lowest BCUT2D eigenvalue weighted by Gasteiger charge is -2.39. The average molecular weight is 249 g/mol. The highest BCUT2D eigenvalue weighted by Gasteiger charge is 2.26. The molecule has 98 valence electrons. The molecule has 0 spiro atoms. The molecule has 5 heteroatoms. The van der Waals surface area contributed by atoms with Crippen molar-refractivity contribution in [1.29, 1.82) is 0 Å². The minimum Gasteiger partial charge on any atom is -0.336 e. The molecule has 1 atom stereocenters. The fraction of sp³-hybridized carbons (Fsp3) is 0.538. The van der Waals surface area contributed by atoms with E-state index in [1.54, 1.807) is 6.07 Å². The van der Waals surface area contributed by atoms with Gasteiger partial charge >= 0.3 is 0 Å². The molecule has 1 aliphatic rings. The van der Waals surface area contributed by atoms with Crippen LogP contribution in [0.4, 0.5) is 0 Å². The summed E-state index contributed by atoms with van der Waals surface area (Å²) in [6.07, 6.45) is 2.54. The smallest absolute Gasteiger partial charge is 0.254 e. The van der Waals surface area contributed by atoms with E-state index in [4.69, 9.17) is 0 Å². The Bertz CT molecular complexity index is 483. The van der Waals surface area contributed by atoms with Crippen LogP contribution >= 0.6 is 0 Å². The molecule has 1 amide bonds. The zero-order chi connectivity index (χ0) is 13.1. The Morgan fingerprint density at radius 1 is 1.50 bits per heavy atom. The number of pyridine rings is 1. The first-order valence-corrected chi connectivity index (χ1v) is 6.30. The van der Waals surface area contributed by atoms with Crippen LogP contribution in [-0.4, -0.2) is 53.4 Å². The standard InChI is InChI=1S/C13H19N3O2/c1-3-11-9-16(7-6-15(11)2)13(18)10-4-5-14-12(17)8-10/h4-5,8,11H,3,6-7,9H2,1-2H3,(H,14,17). The first kappa shape index (κ1) is 12.8. The lowest BCUT2D eigenvalue weighted by molar-refractivity contribution is 0.0541. The van der Waals surface area contributed by atoms with Gasteiger partial charge < -0.3 is 9.88 Å². The molecule has 1 N–H and O–H groups in total. The molecule has 1 saturated heterocycles. The number of carbonyl (C=O) groups excluding carboxylic acids is 1. The molecule has 5 nitrogen and oxygen atoms in total. The minimum atomic E-state index is -0.234. The summed E-state index contributed by atoms with van der Waals surface area (Å²) in [4.78, 5) is 30.1. The van der Waals surface area contributed by atoms with Gasteiger partial charge in [-0.3, -0.25) is 14.5 Å². The molecule has 1 aromatic heterocycles. The normalized spacial score (nSPS) is 21.0. The van der Waals surface area contributed by atoms with Gasteiger partial charge in [0.25, 0.3) is 5.91 Å². The van der Waals surface area contributed by atoms with Crippen molar-refractivity contribution in [2.75, 3.05) is 26.7 Å². The second-order valence-electron chi connectivity index (χ2n) is 4.74. The fourth-order valence-electron chi connectivity index (χ4n) is 2.33. The van der Waals surface area contributed by atoms with E-state index < -0.39 is 0 Å². The van der Waals surface area contributed by atoms with E-state index in [0.717, 1.165) is 26.1 Å². The van der Waals surface area contributed by atoms with Gasteiger partial charge in [-0.05, 0) is 19.5 Å². The molecule has 0 aliphatic carbocycles. The summed E-state index contributed by atoms with van der Waals surface area (Å²) in [7, 11) is 2.09. The summed E-state index contributed by atoms with van der Waals surface area (Å²) >= 11 is 0. The Morgan fingerprint density at radius 2 is 2.28 bits per heavy atom. The molecule has 0 saturated carbocycles. The molecule has 2 rings (SSSR count). The zero-order valence-electron chi connectivity index (χ0n) is 10.8. The van der Waals surface area contributed by atoms with Crippen LogP contribution < -0.4 is 5.56 Å². The van der Waals surface area contributed by atoms with Gasteiger partial charge in [0.05, 0.1) is 0 Å². The first-order chi connectivity index (χ1) is 8.61. The predicted octanol–water partition coefficient (Wildman–Crippen LogP) is 0.541. The molecule has 1 fully saturated rings. The lowest BCUT2D eigenvalue weighted by Crippen LogP contribution is -2.53. The maximum Gasteiger partial charge on any atom is 0.254 e. The van der Waals surface area contributed by atoms with Gasteiger partial charge in [-0.15, -0.1) is 0 Å². The van der Waals surface area contributed by atoms with Crippen molar-refractivity contribution < 1.29 is 4.79 Å². The Kier molecular flexibility index (Phi) is 3.81. The van der Waals surface area contributed by atoms with Crippen LogP contribution in [0.15, 0.2) is 23.1 Å². The largest absolute Gasteiger partial charge is 0.336 e. The van der Waals surface area contributed by atoms with Crippen molar-refractivity contribution in [1.82, 2.24) is 14.8 Å². The van der Waals surface area contributed by atoms with Crippen LogP contribution in [0.1, 0.15) is 23.7 Å². The quantitative estimate of drug-likeness (QED) is 0.832. The van der Waals surface area contributed by atoms with Gasteiger partial charge in [0.15, 0.2) is 0 Å². The highest BCUT2D eigenvalue weighted by atomic mass is 16.2. The summed E-state index contributed by atoms with van der Waals surface area (Å²) in [6.45, 7) is 4.47. The van der Waals surface area contributed by atoms with Crippen LogP contribution in [0.25, 0.3) is 0 Å². The number of carbonyl (C=O) groups is 1. The number of likely N-dealkylation sites (N-methyl/N-ethyl adjacent to an activating group) is 1. The topological polar surface area (TPSA) is 56.4 Å².